The van der Waals surface area contributed by atoms with Crippen LogP contribution < -0.4 is 5.73 Å². The van der Waals surface area contributed by atoms with Crippen LogP contribution in [0.25, 0.3) is 0 Å². The van der Waals surface area contributed by atoms with Crippen molar-refractivity contribution in [2.45, 2.75) is 31.2 Å². The van der Waals surface area contributed by atoms with Crippen molar-refractivity contribution in [3.63, 3.8) is 0 Å². The fourth-order valence-corrected chi connectivity index (χ4v) is 2.02. The van der Waals surface area contributed by atoms with E-state index in [4.69, 9.17) is 5.73 Å². The third kappa shape index (κ3) is 1.63. The SMILES string of the molecule is NC1(c2cccc(F)c2C(F)F)CCC1. The van der Waals surface area contributed by atoms with E-state index in [1.165, 1.54) is 12.1 Å². The molecule has 0 atom stereocenters. The fraction of sp³-hybridized carbons (Fsp3) is 0.455. The standard InChI is InChI=1S/C11H12F3N/c12-8-4-1-3-7(9(8)10(13)14)11(15)5-2-6-11/h1,3-4,10H,2,5-6,15H2. The van der Waals surface area contributed by atoms with E-state index in [-0.39, 0.29) is 5.56 Å². The van der Waals surface area contributed by atoms with Crippen molar-refractivity contribution in [2.75, 3.05) is 0 Å². The lowest BCUT2D eigenvalue weighted by Gasteiger charge is -2.39. The Kier molecular flexibility index (Phi) is 2.46. The molecule has 1 aromatic rings. The zero-order valence-corrected chi connectivity index (χ0v) is 8.14. The van der Waals surface area contributed by atoms with Gasteiger partial charge in [0.1, 0.15) is 5.82 Å². The Labute approximate surface area is 86.1 Å². The van der Waals surface area contributed by atoms with Gasteiger partial charge in [-0.2, -0.15) is 0 Å². The number of rotatable bonds is 2. The summed E-state index contributed by atoms with van der Waals surface area (Å²) in [6.45, 7) is 0. The van der Waals surface area contributed by atoms with E-state index in [1.807, 2.05) is 0 Å². The molecule has 0 spiro atoms. The molecule has 0 unspecified atom stereocenters. The van der Waals surface area contributed by atoms with Crippen molar-refractivity contribution >= 4 is 0 Å². The zero-order chi connectivity index (χ0) is 11.1. The molecule has 82 valence electrons. The summed E-state index contributed by atoms with van der Waals surface area (Å²) in [5, 5.41) is 0. The van der Waals surface area contributed by atoms with Crippen LogP contribution >= 0.6 is 0 Å². The first kappa shape index (κ1) is 10.5. The summed E-state index contributed by atoms with van der Waals surface area (Å²) in [7, 11) is 0. The molecule has 4 heteroatoms. The van der Waals surface area contributed by atoms with Crippen molar-refractivity contribution in [1.82, 2.24) is 0 Å². The molecule has 1 aliphatic carbocycles. The third-order valence-corrected chi connectivity index (χ3v) is 3.05. The molecule has 15 heavy (non-hydrogen) atoms. The first-order valence-corrected chi connectivity index (χ1v) is 4.90. The predicted molar refractivity (Wildman–Crippen MR) is 51.1 cm³/mol. The first-order chi connectivity index (χ1) is 7.04. The smallest absolute Gasteiger partial charge is 0.267 e. The van der Waals surface area contributed by atoms with Gasteiger partial charge in [0.05, 0.1) is 5.56 Å². The molecule has 1 saturated carbocycles. The Morgan fingerprint density at radius 2 is 1.93 bits per heavy atom. The molecule has 2 rings (SSSR count). The van der Waals surface area contributed by atoms with Crippen LogP contribution in [0.1, 0.15) is 36.8 Å². The lowest BCUT2D eigenvalue weighted by atomic mass is 9.71. The highest BCUT2D eigenvalue weighted by Crippen LogP contribution is 2.42. The Hall–Kier alpha value is -1.03. The maximum atomic E-state index is 13.3. The van der Waals surface area contributed by atoms with Crippen LogP contribution in [0.4, 0.5) is 13.2 Å². The van der Waals surface area contributed by atoms with Crippen molar-refractivity contribution in [3.8, 4) is 0 Å². The third-order valence-electron chi connectivity index (χ3n) is 3.05. The molecular formula is C11H12F3N. The second-order valence-electron chi connectivity index (χ2n) is 4.01. The van der Waals surface area contributed by atoms with Gasteiger partial charge in [0.2, 0.25) is 0 Å². The largest absolute Gasteiger partial charge is 0.321 e. The van der Waals surface area contributed by atoms with E-state index in [0.717, 1.165) is 12.5 Å². The van der Waals surface area contributed by atoms with Crippen LogP contribution in [0.15, 0.2) is 18.2 Å². The van der Waals surface area contributed by atoms with Gasteiger partial charge in [-0.3, -0.25) is 0 Å². The number of halogens is 3. The van der Waals surface area contributed by atoms with E-state index >= 15 is 0 Å². The lowest BCUT2D eigenvalue weighted by molar-refractivity contribution is 0.138. The van der Waals surface area contributed by atoms with Crippen LogP contribution in [0.5, 0.6) is 0 Å². The van der Waals surface area contributed by atoms with Gasteiger partial charge >= 0.3 is 0 Å². The number of benzene rings is 1. The van der Waals surface area contributed by atoms with Crippen molar-refractivity contribution in [1.29, 1.82) is 0 Å². The molecule has 0 heterocycles. The maximum Gasteiger partial charge on any atom is 0.267 e. The Balaban J connectivity index is 2.50. The summed E-state index contributed by atoms with van der Waals surface area (Å²) in [6, 6.07) is 3.99. The normalized spacial score (nSPS) is 19.0. The molecule has 1 nitrogen and oxygen atoms in total. The second kappa shape index (κ2) is 3.52. The lowest BCUT2D eigenvalue weighted by Crippen LogP contribution is -2.44. The summed E-state index contributed by atoms with van der Waals surface area (Å²) in [6.07, 6.45) is -0.593. The van der Waals surface area contributed by atoms with Gasteiger partial charge in [-0.15, -0.1) is 0 Å². The second-order valence-corrected chi connectivity index (χ2v) is 4.01. The monoisotopic (exact) mass is 215 g/mol. The minimum absolute atomic E-state index is 0.267. The van der Waals surface area contributed by atoms with Gasteiger partial charge in [0.25, 0.3) is 6.43 Å². The number of hydrogen-bond acceptors (Lipinski definition) is 1. The summed E-state index contributed by atoms with van der Waals surface area (Å²) in [5.41, 5.74) is 4.93. The predicted octanol–water partition coefficient (Wildman–Crippen LogP) is 3.10. The van der Waals surface area contributed by atoms with Crippen molar-refractivity contribution < 1.29 is 13.2 Å². The van der Waals surface area contributed by atoms with E-state index < -0.39 is 23.3 Å². The molecule has 1 aliphatic rings. The van der Waals surface area contributed by atoms with Crippen molar-refractivity contribution in [2.24, 2.45) is 5.73 Å². The van der Waals surface area contributed by atoms with Gasteiger partial charge < -0.3 is 5.73 Å². The zero-order valence-electron chi connectivity index (χ0n) is 8.14. The maximum absolute atomic E-state index is 13.3. The van der Waals surface area contributed by atoms with Crippen LogP contribution in [-0.2, 0) is 5.54 Å². The molecule has 0 amide bonds. The van der Waals surface area contributed by atoms with Crippen LogP contribution in [0, 0.1) is 5.82 Å². The highest BCUT2D eigenvalue weighted by molar-refractivity contribution is 5.37. The fourth-order valence-electron chi connectivity index (χ4n) is 2.02. The summed E-state index contributed by atoms with van der Waals surface area (Å²) >= 11 is 0. The first-order valence-electron chi connectivity index (χ1n) is 4.90. The average molecular weight is 215 g/mol. The highest BCUT2D eigenvalue weighted by Gasteiger charge is 2.38. The van der Waals surface area contributed by atoms with Crippen LogP contribution in [-0.4, -0.2) is 0 Å². The van der Waals surface area contributed by atoms with E-state index in [1.54, 1.807) is 0 Å². The Morgan fingerprint density at radius 3 is 2.40 bits per heavy atom. The van der Waals surface area contributed by atoms with E-state index in [9.17, 15) is 13.2 Å². The quantitative estimate of drug-likeness (QED) is 0.806. The highest BCUT2D eigenvalue weighted by atomic mass is 19.3. The number of hydrogen-bond donors (Lipinski definition) is 1. The molecule has 0 saturated heterocycles. The Bertz CT molecular complexity index is 372. The summed E-state index contributed by atoms with van der Waals surface area (Å²) < 4.78 is 38.6. The van der Waals surface area contributed by atoms with E-state index in [2.05, 4.69) is 0 Å². The van der Waals surface area contributed by atoms with Crippen LogP contribution in [0.2, 0.25) is 0 Å². The molecule has 0 bridgehead atoms. The van der Waals surface area contributed by atoms with Crippen molar-refractivity contribution in [3.05, 3.63) is 35.1 Å². The molecule has 1 fully saturated rings. The van der Waals surface area contributed by atoms with Gasteiger partial charge in [-0.25, -0.2) is 13.2 Å². The molecule has 0 aliphatic heterocycles. The molecule has 2 N–H and O–H groups in total. The summed E-state index contributed by atoms with van der Waals surface area (Å²) in [5.74, 6) is -0.862. The van der Waals surface area contributed by atoms with Crippen LogP contribution in [0.3, 0.4) is 0 Å². The molecular weight excluding hydrogens is 203 g/mol. The molecule has 1 aromatic carbocycles. The minimum atomic E-state index is -2.80. The summed E-state index contributed by atoms with van der Waals surface area (Å²) in [4.78, 5) is 0. The van der Waals surface area contributed by atoms with Gasteiger partial charge in [0.15, 0.2) is 0 Å². The molecule has 0 radical (unpaired) electrons. The van der Waals surface area contributed by atoms with Gasteiger partial charge in [-0.1, -0.05) is 12.1 Å². The number of alkyl halides is 2. The minimum Gasteiger partial charge on any atom is -0.321 e. The van der Waals surface area contributed by atoms with Gasteiger partial charge in [-0.05, 0) is 30.9 Å². The number of nitrogens with two attached hydrogens (primary N) is 1. The van der Waals surface area contributed by atoms with E-state index in [0.29, 0.717) is 12.8 Å². The van der Waals surface area contributed by atoms with Gasteiger partial charge in [0, 0.05) is 5.54 Å². The Morgan fingerprint density at radius 1 is 1.27 bits per heavy atom. The molecule has 0 aromatic heterocycles. The topological polar surface area (TPSA) is 26.0 Å². The average Bonchev–Trinajstić information content (AvgIpc) is 2.13.